The van der Waals surface area contributed by atoms with Crippen LogP contribution in [0.1, 0.15) is 24.0 Å². The number of unbranched alkanes of at least 4 members (excludes halogenated alkanes) is 1. The van der Waals surface area contributed by atoms with Gasteiger partial charge in [0.05, 0.1) is 13.2 Å². The molecule has 2 rings (SSSR count). The summed E-state index contributed by atoms with van der Waals surface area (Å²) in [7, 11) is 0. The fourth-order valence-electron chi connectivity index (χ4n) is 2.53. The molecule has 3 nitrogen and oxygen atoms in total. The molecule has 1 saturated heterocycles. The molecule has 0 bridgehead atoms. The Balaban J connectivity index is 1.82. The zero-order valence-corrected chi connectivity index (χ0v) is 13.7. The van der Waals surface area contributed by atoms with Crippen molar-refractivity contribution in [3.63, 3.8) is 0 Å². The molecule has 1 aliphatic rings. The van der Waals surface area contributed by atoms with Crippen LogP contribution in [0.4, 0.5) is 0 Å². The molecule has 20 heavy (non-hydrogen) atoms. The van der Waals surface area contributed by atoms with Crippen LogP contribution in [-0.4, -0.2) is 44.3 Å². The molecule has 1 aromatic carbocycles. The van der Waals surface area contributed by atoms with Gasteiger partial charge < -0.3 is 10.5 Å². The zero-order chi connectivity index (χ0) is 14.2. The van der Waals surface area contributed by atoms with Crippen molar-refractivity contribution in [1.29, 1.82) is 0 Å². The molecule has 1 fully saturated rings. The Labute approximate surface area is 130 Å². The van der Waals surface area contributed by atoms with Crippen molar-refractivity contribution in [2.45, 2.75) is 25.7 Å². The maximum Gasteiger partial charge on any atom is 0.0594 e. The third kappa shape index (κ3) is 5.17. The predicted molar refractivity (Wildman–Crippen MR) is 87.1 cm³/mol. The Morgan fingerprint density at radius 3 is 2.65 bits per heavy atom. The Kier molecular flexibility index (Phi) is 7.00. The molecule has 0 aliphatic carbocycles. The second-order valence-electron chi connectivity index (χ2n) is 5.38. The van der Waals surface area contributed by atoms with Crippen LogP contribution in [-0.2, 0) is 17.6 Å². The van der Waals surface area contributed by atoms with Gasteiger partial charge >= 0.3 is 0 Å². The first-order chi connectivity index (χ1) is 9.79. The quantitative estimate of drug-likeness (QED) is 0.775. The topological polar surface area (TPSA) is 38.5 Å². The van der Waals surface area contributed by atoms with Crippen molar-refractivity contribution in [3.05, 3.63) is 33.8 Å². The molecular weight excluding hydrogens is 316 g/mol. The molecule has 0 radical (unpaired) electrons. The maximum atomic E-state index is 5.53. The van der Waals surface area contributed by atoms with Crippen LogP contribution in [0.5, 0.6) is 0 Å². The van der Waals surface area contributed by atoms with Gasteiger partial charge in [0.15, 0.2) is 0 Å². The third-order valence-corrected chi connectivity index (χ3v) is 4.58. The fourth-order valence-corrected chi connectivity index (χ4v) is 3.15. The fraction of sp³-hybridized carbons (Fsp3) is 0.625. The van der Waals surface area contributed by atoms with Gasteiger partial charge in [0, 0.05) is 24.1 Å². The highest BCUT2D eigenvalue weighted by molar-refractivity contribution is 9.10. The van der Waals surface area contributed by atoms with Gasteiger partial charge in [0.1, 0.15) is 0 Å². The van der Waals surface area contributed by atoms with Gasteiger partial charge in [-0.05, 0) is 49.4 Å². The van der Waals surface area contributed by atoms with E-state index < -0.39 is 0 Å². The van der Waals surface area contributed by atoms with Gasteiger partial charge in [-0.1, -0.05) is 28.1 Å². The highest BCUT2D eigenvalue weighted by Gasteiger charge is 2.10. The Bertz CT molecular complexity index is 405. The van der Waals surface area contributed by atoms with Crippen LogP contribution in [0.3, 0.4) is 0 Å². The van der Waals surface area contributed by atoms with E-state index in [1.54, 1.807) is 0 Å². The molecule has 1 aromatic rings. The monoisotopic (exact) mass is 340 g/mol. The summed E-state index contributed by atoms with van der Waals surface area (Å²) in [4.78, 5) is 2.48. The minimum absolute atomic E-state index is 0.790. The molecule has 0 atom stereocenters. The first-order valence-electron chi connectivity index (χ1n) is 7.57. The Morgan fingerprint density at radius 2 is 1.95 bits per heavy atom. The molecule has 2 N–H and O–H groups in total. The molecular formula is C16H25BrN2O. The van der Waals surface area contributed by atoms with Crippen LogP contribution in [0.2, 0.25) is 0 Å². The minimum atomic E-state index is 0.790. The average Bonchev–Trinajstić information content (AvgIpc) is 2.48. The molecule has 0 saturated carbocycles. The second-order valence-corrected chi connectivity index (χ2v) is 6.23. The summed E-state index contributed by atoms with van der Waals surface area (Å²) >= 11 is 3.71. The van der Waals surface area contributed by atoms with E-state index in [0.29, 0.717) is 0 Å². The number of hydrogen-bond acceptors (Lipinski definition) is 3. The van der Waals surface area contributed by atoms with Crippen molar-refractivity contribution in [2.75, 3.05) is 39.4 Å². The van der Waals surface area contributed by atoms with Crippen LogP contribution in [0.25, 0.3) is 0 Å². The van der Waals surface area contributed by atoms with E-state index in [-0.39, 0.29) is 0 Å². The highest BCUT2D eigenvalue weighted by atomic mass is 79.9. The summed E-state index contributed by atoms with van der Waals surface area (Å²) in [5, 5.41) is 0. The van der Waals surface area contributed by atoms with Crippen molar-refractivity contribution >= 4 is 15.9 Å². The molecule has 1 aliphatic heterocycles. The molecule has 0 aromatic heterocycles. The van der Waals surface area contributed by atoms with Crippen LogP contribution in [0.15, 0.2) is 22.7 Å². The molecule has 0 unspecified atom stereocenters. The van der Waals surface area contributed by atoms with Gasteiger partial charge in [-0.3, -0.25) is 4.90 Å². The Hall–Kier alpha value is -0.420. The first kappa shape index (κ1) is 16.0. The van der Waals surface area contributed by atoms with Crippen molar-refractivity contribution in [3.8, 4) is 0 Å². The van der Waals surface area contributed by atoms with E-state index in [0.717, 1.165) is 58.7 Å². The lowest BCUT2D eigenvalue weighted by Gasteiger charge is -2.26. The number of nitrogens with two attached hydrogens (primary N) is 1. The lowest BCUT2D eigenvalue weighted by Crippen LogP contribution is -2.37. The summed E-state index contributed by atoms with van der Waals surface area (Å²) in [5.74, 6) is 0. The van der Waals surface area contributed by atoms with Crippen LogP contribution >= 0.6 is 15.9 Å². The number of halogens is 1. The van der Waals surface area contributed by atoms with Crippen molar-refractivity contribution in [1.82, 2.24) is 4.90 Å². The smallest absolute Gasteiger partial charge is 0.0594 e. The summed E-state index contributed by atoms with van der Waals surface area (Å²) in [6.07, 6.45) is 4.51. The Morgan fingerprint density at radius 1 is 1.15 bits per heavy atom. The van der Waals surface area contributed by atoms with E-state index in [1.807, 2.05) is 0 Å². The molecule has 0 amide bonds. The second kappa shape index (κ2) is 8.78. The highest BCUT2D eigenvalue weighted by Crippen LogP contribution is 2.20. The van der Waals surface area contributed by atoms with Gasteiger partial charge in [-0.15, -0.1) is 0 Å². The van der Waals surface area contributed by atoms with E-state index in [1.165, 1.54) is 22.0 Å². The SMILES string of the molecule is NCCCCc1ccc(CCN2CCOCC2)c(Br)c1. The van der Waals surface area contributed by atoms with E-state index in [9.17, 15) is 0 Å². The zero-order valence-electron chi connectivity index (χ0n) is 12.1. The largest absolute Gasteiger partial charge is 0.379 e. The maximum absolute atomic E-state index is 5.53. The third-order valence-electron chi connectivity index (χ3n) is 3.84. The normalized spacial score (nSPS) is 16.5. The lowest BCUT2D eigenvalue weighted by atomic mass is 10.0. The molecule has 1 heterocycles. The lowest BCUT2D eigenvalue weighted by molar-refractivity contribution is 0.0384. The van der Waals surface area contributed by atoms with Crippen molar-refractivity contribution in [2.24, 2.45) is 5.73 Å². The number of hydrogen-bond donors (Lipinski definition) is 1. The average molecular weight is 341 g/mol. The minimum Gasteiger partial charge on any atom is -0.379 e. The van der Waals surface area contributed by atoms with Gasteiger partial charge in [-0.25, -0.2) is 0 Å². The summed E-state index contributed by atoms with van der Waals surface area (Å²) in [6, 6.07) is 6.80. The van der Waals surface area contributed by atoms with E-state index >= 15 is 0 Å². The molecule has 4 heteroatoms. The van der Waals surface area contributed by atoms with Crippen LogP contribution < -0.4 is 5.73 Å². The number of aryl methyl sites for hydroxylation is 1. The summed E-state index contributed by atoms with van der Waals surface area (Å²) in [5.41, 5.74) is 8.34. The number of rotatable bonds is 7. The van der Waals surface area contributed by atoms with Gasteiger partial charge in [0.25, 0.3) is 0 Å². The number of nitrogens with zero attached hydrogens (tertiary/aromatic N) is 1. The standard InChI is InChI=1S/C16H25BrN2O/c17-16-13-14(3-1-2-7-18)4-5-15(16)6-8-19-9-11-20-12-10-19/h4-5,13H,1-3,6-12,18H2. The van der Waals surface area contributed by atoms with Gasteiger partial charge in [0.2, 0.25) is 0 Å². The number of ether oxygens (including phenoxy) is 1. The van der Waals surface area contributed by atoms with E-state index in [2.05, 4.69) is 39.0 Å². The van der Waals surface area contributed by atoms with Crippen molar-refractivity contribution < 1.29 is 4.74 Å². The summed E-state index contributed by atoms with van der Waals surface area (Å²) in [6.45, 7) is 5.79. The predicted octanol–water partition coefficient (Wildman–Crippen LogP) is 2.61. The van der Waals surface area contributed by atoms with Gasteiger partial charge in [-0.2, -0.15) is 0 Å². The molecule has 112 valence electrons. The van der Waals surface area contributed by atoms with E-state index in [4.69, 9.17) is 10.5 Å². The van der Waals surface area contributed by atoms with Crippen LogP contribution in [0, 0.1) is 0 Å². The molecule has 0 spiro atoms. The number of morpholine rings is 1. The summed E-state index contributed by atoms with van der Waals surface area (Å²) < 4.78 is 6.62. The first-order valence-corrected chi connectivity index (χ1v) is 8.36. The number of benzene rings is 1.